The van der Waals surface area contributed by atoms with Crippen LogP contribution in [0.15, 0.2) is 30.3 Å². The molecule has 0 radical (unpaired) electrons. The second-order valence-electron chi connectivity index (χ2n) is 4.99. The molecule has 94 valence electrons. The molecule has 0 amide bonds. The van der Waals surface area contributed by atoms with Crippen LogP contribution in [0.4, 0.5) is 0 Å². The molecule has 1 heterocycles. The lowest BCUT2D eigenvalue weighted by molar-refractivity contribution is -0.0691. The maximum atomic E-state index is 6.23. The van der Waals surface area contributed by atoms with Crippen LogP contribution in [0.5, 0.6) is 0 Å². The Bertz CT molecular complexity index is 331. The molecule has 3 unspecified atom stereocenters. The SMILES string of the molecule is CC1CN(CC(N)c2ccccc2)CC(C)O1. The Kier molecular flexibility index (Phi) is 4.15. The summed E-state index contributed by atoms with van der Waals surface area (Å²) >= 11 is 0. The summed E-state index contributed by atoms with van der Waals surface area (Å²) in [5, 5.41) is 0. The Balaban J connectivity index is 1.92. The van der Waals surface area contributed by atoms with Crippen LogP contribution >= 0.6 is 0 Å². The number of morpholine rings is 1. The van der Waals surface area contributed by atoms with Crippen LogP contribution < -0.4 is 5.73 Å². The quantitative estimate of drug-likeness (QED) is 0.866. The van der Waals surface area contributed by atoms with E-state index in [4.69, 9.17) is 10.5 Å². The summed E-state index contributed by atoms with van der Waals surface area (Å²) in [4.78, 5) is 2.40. The topological polar surface area (TPSA) is 38.5 Å². The first-order chi connectivity index (χ1) is 8.15. The van der Waals surface area contributed by atoms with Crippen molar-refractivity contribution < 1.29 is 4.74 Å². The summed E-state index contributed by atoms with van der Waals surface area (Å²) in [6, 6.07) is 10.4. The zero-order valence-corrected chi connectivity index (χ0v) is 10.7. The zero-order chi connectivity index (χ0) is 12.3. The third-order valence-electron chi connectivity index (χ3n) is 3.18. The summed E-state index contributed by atoms with van der Waals surface area (Å²) < 4.78 is 5.72. The van der Waals surface area contributed by atoms with Crippen LogP contribution in [0.3, 0.4) is 0 Å². The summed E-state index contributed by atoms with van der Waals surface area (Å²) in [6.07, 6.45) is 0.614. The lowest BCUT2D eigenvalue weighted by Crippen LogP contribution is -2.47. The first kappa shape index (κ1) is 12.6. The van der Waals surface area contributed by atoms with Crippen molar-refractivity contribution >= 4 is 0 Å². The van der Waals surface area contributed by atoms with Crippen LogP contribution in [0.2, 0.25) is 0 Å². The van der Waals surface area contributed by atoms with Gasteiger partial charge in [-0.2, -0.15) is 0 Å². The number of hydrogen-bond acceptors (Lipinski definition) is 3. The molecule has 17 heavy (non-hydrogen) atoms. The van der Waals surface area contributed by atoms with Gasteiger partial charge in [-0.15, -0.1) is 0 Å². The molecule has 2 N–H and O–H groups in total. The van der Waals surface area contributed by atoms with Crippen LogP contribution in [0.25, 0.3) is 0 Å². The lowest BCUT2D eigenvalue weighted by Gasteiger charge is -2.36. The predicted octanol–water partition coefficient (Wildman–Crippen LogP) is 1.80. The van der Waals surface area contributed by atoms with Gasteiger partial charge in [0.1, 0.15) is 0 Å². The maximum absolute atomic E-state index is 6.23. The van der Waals surface area contributed by atoms with Crippen LogP contribution in [0.1, 0.15) is 25.5 Å². The summed E-state index contributed by atoms with van der Waals surface area (Å²) in [5.74, 6) is 0. The third-order valence-corrected chi connectivity index (χ3v) is 3.18. The van der Waals surface area contributed by atoms with Gasteiger partial charge in [0.05, 0.1) is 12.2 Å². The van der Waals surface area contributed by atoms with E-state index >= 15 is 0 Å². The van der Waals surface area contributed by atoms with E-state index < -0.39 is 0 Å². The van der Waals surface area contributed by atoms with Crippen molar-refractivity contribution in [1.82, 2.24) is 4.90 Å². The molecule has 0 aliphatic carbocycles. The molecular formula is C14H22N2O. The van der Waals surface area contributed by atoms with Gasteiger partial charge >= 0.3 is 0 Å². The normalized spacial score (nSPS) is 27.9. The second kappa shape index (κ2) is 5.63. The molecule has 0 spiro atoms. The van der Waals surface area contributed by atoms with Crippen LogP contribution in [0, 0.1) is 0 Å². The van der Waals surface area contributed by atoms with E-state index in [-0.39, 0.29) is 6.04 Å². The molecule has 1 aromatic rings. The van der Waals surface area contributed by atoms with Gasteiger partial charge in [0.15, 0.2) is 0 Å². The Morgan fingerprint density at radius 1 is 1.24 bits per heavy atom. The number of nitrogens with two attached hydrogens (primary N) is 1. The monoisotopic (exact) mass is 234 g/mol. The van der Waals surface area contributed by atoms with Crippen molar-refractivity contribution in [3.8, 4) is 0 Å². The highest BCUT2D eigenvalue weighted by Gasteiger charge is 2.23. The third kappa shape index (κ3) is 3.53. The maximum Gasteiger partial charge on any atom is 0.0678 e. The van der Waals surface area contributed by atoms with E-state index in [1.54, 1.807) is 0 Å². The first-order valence-corrected chi connectivity index (χ1v) is 6.33. The predicted molar refractivity (Wildman–Crippen MR) is 69.8 cm³/mol. The average Bonchev–Trinajstić information content (AvgIpc) is 2.28. The van der Waals surface area contributed by atoms with Gasteiger partial charge in [-0.1, -0.05) is 30.3 Å². The minimum absolute atomic E-state index is 0.0914. The van der Waals surface area contributed by atoms with E-state index in [0.29, 0.717) is 12.2 Å². The Hall–Kier alpha value is -0.900. The highest BCUT2D eigenvalue weighted by molar-refractivity contribution is 5.18. The standard InChI is InChI=1S/C14H22N2O/c1-11-8-16(9-12(2)17-11)10-14(15)13-6-4-3-5-7-13/h3-7,11-12,14H,8-10,15H2,1-2H3. The van der Waals surface area contributed by atoms with E-state index in [1.807, 2.05) is 18.2 Å². The molecule has 0 aromatic heterocycles. The molecule has 0 saturated carbocycles. The first-order valence-electron chi connectivity index (χ1n) is 6.33. The van der Waals surface area contributed by atoms with E-state index in [1.165, 1.54) is 5.56 Å². The largest absolute Gasteiger partial charge is 0.373 e. The average molecular weight is 234 g/mol. The fraction of sp³-hybridized carbons (Fsp3) is 0.571. The van der Waals surface area contributed by atoms with E-state index in [0.717, 1.165) is 19.6 Å². The van der Waals surface area contributed by atoms with E-state index in [9.17, 15) is 0 Å². The van der Waals surface area contributed by atoms with Crippen molar-refractivity contribution in [1.29, 1.82) is 0 Å². The molecule has 1 aliphatic heterocycles. The molecule has 2 rings (SSSR count). The fourth-order valence-corrected chi connectivity index (χ4v) is 2.52. The number of nitrogens with zero attached hydrogens (tertiary/aromatic N) is 1. The molecule has 0 bridgehead atoms. The van der Waals surface area contributed by atoms with Gasteiger partial charge in [0.2, 0.25) is 0 Å². The smallest absolute Gasteiger partial charge is 0.0678 e. The van der Waals surface area contributed by atoms with Gasteiger partial charge < -0.3 is 10.5 Å². The van der Waals surface area contributed by atoms with Crippen LogP contribution in [-0.4, -0.2) is 36.7 Å². The highest BCUT2D eigenvalue weighted by Crippen LogP contribution is 2.15. The summed E-state index contributed by atoms with van der Waals surface area (Å²) in [6.45, 7) is 7.10. The highest BCUT2D eigenvalue weighted by atomic mass is 16.5. The minimum Gasteiger partial charge on any atom is -0.373 e. The van der Waals surface area contributed by atoms with Crippen molar-refractivity contribution in [2.75, 3.05) is 19.6 Å². The molecular weight excluding hydrogens is 212 g/mol. The van der Waals surface area contributed by atoms with Gasteiger partial charge in [-0.05, 0) is 19.4 Å². The van der Waals surface area contributed by atoms with Gasteiger partial charge in [-0.25, -0.2) is 0 Å². The number of rotatable bonds is 3. The Morgan fingerprint density at radius 2 is 1.82 bits per heavy atom. The molecule has 3 heteroatoms. The molecule has 1 fully saturated rings. The lowest BCUT2D eigenvalue weighted by atomic mass is 10.1. The van der Waals surface area contributed by atoms with Gasteiger partial charge in [0.25, 0.3) is 0 Å². The molecule has 1 aromatic carbocycles. The molecule has 3 nitrogen and oxygen atoms in total. The van der Waals surface area contributed by atoms with Gasteiger partial charge in [0, 0.05) is 25.7 Å². The molecule has 3 atom stereocenters. The molecule has 1 saturated heterocycles. The van der Waals surface area contributed by atoms with Crippen molar-refractivity contribution in [3.63, 3.8) is 0 Å². The van der Waals surface area contributed by atoms with Gasteiger partial charge in [-0.3, -0.25) is 4.90 Å². The number of ether oxygens (including phenoxy) is 1. The van der Waals surface area contributed by atoms with Crippen molar-refractivity contribution in [2.24, 2.45) is 5.73 Å². The Morgan fingerprint density at radius 3 is 2.41 bits per heavy atom. The minimum atomic E-state index is 0.0914. The Labute approximate surface area is 104 Å². The van der Waals surface area contributed by atoms with E-state index in [2.05, 4.69) is 30.9 Å². The van der Waals surface area contributed by atoms with Crippen molar-refractivity contribution in [2.45, 2.75) is 32.1 Å². The second-order valence-corrected chi connectivity index (χ2v) is 4.99. The number of hydrogen-bond donors (Lipinski definition) is 1. The van der Waals surface area contributed by atoms with Crippen LogP contribution in [-0.2, 0) is 4.74 Å². The zero-order valence-electron chi connectivity index (χ0n) is 10.7. The van der Waals surface area contributed by atoms with Crippen molar-refractivity contribution in [3.05, 3.63) is 35.9 Å². The fourth-order valence-electron chi connectivity index (χ4n) is 2.52. The summed E-state index contributed by atoms with van der Waals surface area (Å²) in [5.41, 5.74) is 7.44. The summed E-state index contributed by atoms with van der Waals surface area (Å²) in [7, 11) is 0. The number of benzene rings is 1. The molecule has 1 aliphatic rings.